The lowest BCUT2D eigenvalue weighted by atomic mass is 9.86. The van der Waals surface area contributed by atoms with E-state index in [0.29, 0.717) is 36.3 Å². The van der Waals surface area contributed by atoms with Crippen molar-refractivity contribution in [3.05, 3.63) is 84.5 Å². The number of rotatable bonds is 2. The number of hydrogen-bond acceptors (Lipinski definition) is 4. The zero-order valence-electron chi connectivity index (χ0n) is 27.7. The van der Waals surface area contributed by atoms with Gasteiger partial charge in [-0.05, 0) is 62.8 Å². The topological polar surface area (TPSA) is 21.8 Å². The van der Waals surface area contributed by atoms with E-state index in [0.717, 1.165) is 12.1 Å². The van der Waals surface area contributed by atoms with Crippen LogP contribution in [0.15, 0.2) is 84.5 Å². The Bertz CT molecular complexity index is 1500. The Morgan fingerprint density at radius 2 is 1.00 bits per heavy atom. The summed E-state index contributed by atoms with van der Waals surface area (Å²) in [6, 6.07) is 28.2. The first-order valence-corrected chi connectivity index (χ1v) is 20.2. The van der Waals surface area contributed by atoms with Crippen LogP contribution in [0.1, 0.15) is 89.9 Å². The molecule has 0 aromatic heterocycles. The second-order valence-electron chi connectivity index (χ2n) is 15.7. The highest BCUT2D eigenvalue weighted by Gasteiger charge is 2.65. The summed E-state index contributed by atoms with van der Waals surface area (Å²) in [5, 5.41) is 0. The van der Waals surface area contributed by atoms with E-state index in [1.807, 2.05) is 9.57 Å². The number of anilines is 2. The molecule has 2 aromatic carbocycles. The van der Waals surface area contributed by atoms with Gasteiger partial charge in [0.25, 0.3) is 0 Å². The van der Waals surface area contributed by atoms with Crippen molar-refractivity contribution in [1.29, 1.82) is 0 Å². The molecule has 7 heteroatoms. The maximum absolute atomic E-state index is 3.17. The molecule has 6 heterocycles. The first kappa shape index (κ1) is 28.5. The van der Waals surface area contributed by atoms with Crippen LogP contribution in [0.3, 0.4) is 0 Å². The normalized spacial score (nSPS) is 41.1. The highest BCUT2D eigenvalue weighted by molar-refractivity contribution is 7.46. The van der Waals surface area contributed by atoms with E-state index in [2.05, 4.69) is 99.0 Å². The van der Waals surface area contributed by atoms with Gasteiger partial charge in [0.1, 0.15) is 35.8 Å². The molecule has 6 fully saturated rings. The van der Waals surface area contributed by atoms with Crippen LogP contribution < -0.4 is 19.4 Å². The number of para-hydroxylation sites is 2. The Morgan fingerprint density at radius 1 is 0.522 bits per heavy atom. The molecule has 0 radical (unpaired) electrons. The number of quaternary nitrogens is 2. The molecular formula is C39H53N6P+2. The summed E-state index contributed by atoms with van der Waals surface area (Å²) >= 11 is 0. The van der Waals surface area contributed by atoms with Crippen molar-refractivity contribution in [2.24, 2.45) is 0 Å². The number of hydrogen-bond donors (Lipinski definition) is 2. The molecule has 4 saturated heterocycles. The number of nitrogens with zero attached hydrogens (tertiary/aromatic N) is 4. The van der Waals surface area contributed by atoms with E-state index in [9.17, 15) is 0 Å². The number of likely N-dealkylation sites (N-methyl/N-ethyl adjacent to an activating group) is 1. The minimum Gasteiger partial charge on any atom is -0.324 e. The SMILES string of the molecule is C[NH+]1C2C=C3N(c4ccccc4)C4CCCCC4N3P3N4C(=CC5CCCC(C1CCC2)[NH+]53)N(c1ccccc1)C1CCCCC14. The summed E-state index contributed by atoms with van der Waals surface area (Å²) in [5.41, 5.74) is 2.84. The highest BCUT2D eigenvalue weighted by atomic mass is 31.2. The van der Waals surface area contributed by atoms with Crippen molar-refractivity contribution in [3.8, 4) is 0 Å². The minimum absolute atomic E-state index is 0.578. The van der Waals surface area contributed by atoms with E-state index in [4.69, 9.17) is 0 Å². The van der Waals surface area contributed by atoms with Gasteiger partial charge in [-0.15, -0.1) is 0 Å². The summed E-state index contributed by atoms with van der Waals surface area (Å²) in [6.07, 6.45) is 24.7. The lowest BCUT2D eigenvalue weighted by Crippen LogP contribution is -3.27. The van der Waals surface area contributed by atoms with E-state index >= 15 is 0 Å². The lowest BCUT2D eigenvalue weighted by Gasteiger charge is -2.53. The van der Waals surface area contributed by atoms with Crippen LogP contribution in [0.4, 0.5) is 11.4 Å². The smallest absolute Gasteiger partial charge is 0.324 e. The fraction of sp³-hybridized carbons (Fsp3) is 0.590. The molecule has 10 rings (SSSR count). The average molecular weight is 637 g/mol. The fourth-order valence-corrected chi connectivity index (χ4v) is 15.2. The molecule has 11 unspecified atom stereocenters. The van der Waals surface area contributed by atoms with Gasteiger partial charge in [-0.3, -0.25) is 14.0 Å². The highest BCUT2D eigenvalue weighted by Crippen LogP contribution is 2.60. The van der Waals surface area contributed by atoms with Crippen LogP contribution in [0.25, 0.3) is 0 Å². The Balaban J connectivity index is 1.21. The molecule has 2 saturated carbocycles. The van der Waals surface area contributed by atoms with Gasteiger partial charge in [0, 0.05) is 49.2 Å². The van der Waals surface area contributed by atoms with Crippen molar-refractivity contribution >= 4 is 19.7 Å². The van der Waals surface area contributed by atoms with E-state index in [1.54, 1.807) is 11.6 Å². The second-order valence-corrected chi connectivity index (χ2v) is 17.7. The molecule has 2 aromatic rings. The largest absolute Gasteiger partial charge is 0.333 e. The molecular weight excluding hydrogens is 583 g/mol. The van der Waals surface area contributed by atoms with E-state index < -0.39 is 8.37 Å². The molecule has 8 aliphatic rings. The lowest BCUT2D eigenvalue weighted by molar-refractivity contribution is -0.968. The first-order chi connectivity index (χ1) is 22.8. The van der Waals surface area contributed by atoms with Crippen LogP contribution >= 0.6 is 8.37 Å². The molecule has 0 spiro atoms. The minimum atomic E-state index is -0.635. The number of nitrogens with one attached hydrogen (secondary N) is 2. The van der Waals surface area contributed by atoms with Gasteiger partial charge in [0.05, 0.1) is 31.2 Å². The van der Waals surface area contributed by atoms with Gasteiger partial charge in [-0.1, -0.05) is 62.1 Å². The summed E-state index contributed by atoms with van der Waals surface area (Å²) < 4.78 is 8.30. The van der Waals surface area contributed by atoms with Gasteiger partial charge in [0.2, 0.25) is 0 Å². The van der Waals surface area contributed by atoms with Crippen LogP contribution in [0.5, 0.6) is 0 Å². The summed E-state index contributed by atoms with van der Waals surface area (Å²) in [5.74, 6) is 3.17. The zero-order valence-corrected chi connectivity index (χ0v) is 28.6. The number of piperidine rings is 2. The Hall–Kier alpha value is -2.53. The molecule has 6 aliphatic heterocycles. The predicted octanol–water partition coefficient (Wildman–Crippen LogP) is 5.43. The van der Waals surface area contributed by atoms with E-state index in [-0.39, 0.29) is 0 Å². The van der Waals surface area contributed by atoms with Crippen LogP contribution in [-0.2, 0) is 0 Å². The molecule has 242 valence electrons. The Morgan fingerprint density at radius 3 is 1.57 bits per heavy atom. The van der Waals surface area contributed by atoms with Crippen LogP contribution in [0, 0.1) is 0 Å². The van der Waals surface area contributed by atoms with E-state index in [1.165, 1.54) is 101 Å². The van der Waals surface area contributed by atoms with Gasteiger partial charge < -0.3 is 14.7 Å². The predicted molar refractivity (Wildman–Crippen MR) is 187 cm³/mol. The van der Waals surface area contributed by atoms with Crippen molar-refractivity contribution in [3.63, 3.8) is 0 Å². The van der Waals surface area contributed by atoms with Gasteiger partial charge >= 0.3 is 8.37 Å². The van der Waals surface area contributed by atoms with Gasteiger partial charge in [-0.25, -0.2) is 0 Å². The summed E-state index contributed by atoms with van der Waals surface area (Å²) in [7, 11) is 1.95. The first-order valence-electron chi connectivity index (χ1n) is 19.0. The molecule has 2 aliphatic carbocycles. The van der Waals surface area contributed by atoms with Gasteiger partial charge in [-0.2, -0.15) is 0 Å². The Labute approximate surface area is 277 Å². The molecule has 2 bridgehead atoms. The standard InChI is InChI=1S/C39H51N6P/c1-40-30-18-12-24-32(40)35-25-13-19-31-27-39-42(29-16-6-3-7-17-29)34-21-9-11-23-37(34)45(39)46(43(31)35)44-36-22-10-8-20-33(36)41(38(44)26-30)28-14-4-2-5-15-28/h2-7,14-17,26-27,30-37H,8-13,18-25H2,1H3/p+2. The van der Waals surface area contributed by atoms with Gasteiger partial charge in [0.15, 0.2) is 0 Å². The number of benzene rings is 2. The molecule has 0 amide bonds. The summed E-state index contributed by atoms with van der Waals surface area (Å²) in [6.45, 7) is 0. The average Bonchev–Trinajstić information content (AvgIpc) is 3.61. The third-order valence-electron chi connectivity index (χ3n) is 13.5. The van der Waals surface area contributed by atoms with Crippen LogP contribution in [0.2, 0.25) is 0 Å². The maximum Gasteiger partial charge on any atom is 0.333 e. The molecule has 11 atom stereocenters. The Kier molecular flexibility index (Phi) is 6.98. The molecule has 2 N–H and O–H groups in total. The van der Waals surface area contributed by atoms with Crippen LogP contribution in [-0.4, -0.2) is 64.7 Å². The van der Waals surface area contributed by atoms with Crippen molar-refractivity contribution in [2.75, 3.05) is 16.8 Å². The second kappa shape index (κ2) is 11.3. The molecule has 6 nitrogen and oxygen atoms in total. The monoisotopic (exact) mass is 636 g/mol. The zero-order chi connectivity index (χ0) is 30.4. The van der Waals surface area contributed by atoms with Crippen molar-refractivity contribution < 1.29 is 9.57 Å². The van der Waals surface area contributed by atoms with Crippen molar-refractivity contribution in [2.45, 2.75) is 138 Å². The third-order valence-corrected chi connectivity index (χ3v) is 16.5. The molecule has 46 heavy (non-hydrogen) atoms. The fourth-order valence-electron chi connectivity index (χ4n) is 11.6. The van der Waals surface area contributed by atoms with Crippen molar-refractivity contribution in [1.82, 2.24) is 9.34 Å². The third kappa shape index (κ3) is 4.18. The maximum atomic E-state index is 3.17. The number of fused-ring (bicyclic) bond motifs is 11. The summed E-state index contributed by atoms with van der Waals surface area (Å²) in [4.78, 5) is 7.54. The quantitative estimate of drug-likeness (QED) is 0.429.